The van der Waals surface area contributed by atoms with Crippen LogP contribution in [0.5, 0.6) is 5.75 Å². The van der Waals surface area contributed by atoms with E-state index in [9.17, 15) is 14.7 Å². The molecule has 1 aliphatic rings. The van der Waals surface area contributed by atoms with Crippen molar-refractivity contribution in [2.45, 2.75) is 19.0 Å². The number of benzene rings is 1. The summed E-state index contributed by atoms with van der Waals surface area (Å²) in [6, 6.07) is 9.74. The van der Waals surface area contributed by atoms with Gasteiger partial charge in [0.2, 0.25) is 5.91 Å². The van der Waals surface area contributed by atoms with Crippen molar-refractivity contribution in [3.8, 4) is 5.75 Å². The standard InChI is InChI=1S/C20H20N4O3S/c25-16-4-1-3-14(9-16)20(27)23-11-15-10-21-13-24(15)18(12-23)19(26)22-7-6-17-5-2-8-28-17/h1-5,8-10,13,18,25H,6-7,11-12H2,(H,22,26). The number of rotatable bonds is 5. The van der Waals surface area contributed by atoms with Gasteiger partial charge in [-0.2, -0.15) is 0 Å². The lowest BCUT2D eigenvalue weighted by Crippen LogP contribution is -2.46. The number of phenolic OH excluding ortho intramolecular Hbond substituents is 1. The molecule has 0 bridgehead atoms. The van der Waals surface area contributed by atoms with E-state index in [-0.39, 0.29) is 24.1 Å². The highest BCUT2D eigenvalue weighted by molar-refractivity contribution is 7.09. The predicted molar refractivity (Wildman–Crippen MR) is 105 cm³/mol. The summed E-state index contributed by atoms with van der Waals surface area (Å²) >= 11 is 1.66. The Morgan fingerprint density at radius 1 is 1.29 bits per heavy atom. The lowest BCUT2D eigenvalue weighted by molar-refractivity contribution is -0.125. The van der Waals surface area contributed by atoms with Crippen LogP contribution in [-0.2, 0) is 17.8 Å². The summed E-state index contributed by atoms with van der Waals surface area (Å²) in [6.07, 6.45) is 4.09. The second-order valence-corrected chi connectivity index (χ2v) is 7.70. The number of thiophene rings is 1. The first-order valence-corrected chi connectivity index (χ1v) is 9.89. The number of carbonyl (C=O) groups excluding carboxylic acids is 2. The summed E-state index contributed by atoms with van der Waals surface area (Å²) in [5, 5.41) is 14.6. The molecule has 1 aromatic carbocycles. The Hall–Kier alpha value is -3.13. The Balaban J connectivity index is 1.47. The Morgan fingerprint density at radius 2 is 2.18 bits per heavy atom. The van der Waals surface area contributed by atoms with E-state index in [1.54, 1.807) is 40.9 Å². The van der Waals surface area contributed by atoms with Crippen molar-refractivity contribution in [2.75, 3.05) is 13.1 Å². The van der Waals surface area contributed by atoms with E-state index in [0.29, 0.717) is 18.7 Å². The molecule has 4 rings (SSSR count). The molecule has 1 aliphatic heterocycles. The summed E-state index contributed by atoms with van der Waals surface area (Å²) in [5.74, 6) is -0.320. The zero-order valence-electron chi connectivity index (χ0n) is 15.1. The number of amides is 2. The summed E-state index contributed by atoms with van der Waals surface area (Å²) in [6.45, 7) is 1.16. The van der Waals surface area contributed by atoms with Gasteiger partial charge in [0.25, 0.3) is 5.91 Å². The van der Waals surface area contributed by atoms with Crippen molar-refractivity contribution in [1.29, 1.82) is 0 Å². The maximum absolute atomic E-state index is 12.9. The van der Waals surface area contributed by atoms with Gasteiger partial charge in [-0.3, -0.25) is 9.59 Å². The van der Waals surface area contributed by atoms with Gasteiger partial charge in [0.1, 0.15) is 11.8 Å². The fraction of sp³-hybridized carbons (Fsp3) is 0.250. The van der Waals surface area contributed by atoms with Crippen LogP contribution in [0.2, 0.25) is 0 Å². The number of nitrogens with one attached hydrogen (secondary N) is 1. The molecule has 3 aromatic rings. The molecule has 144 valence electrons. The van der Waals surface area contributed by atoms with Gasteiger partial charge in [-0.25, -0.2) is 4.98 Å². The fourth-order valence-electron chi connectivity index (χ4n) is 3.36. The molecular weight excluding hydrogens is 376 g/mol. The Bertz CT molecular complexity index is 983. The molecule has 0 fully saturated rings. The molecule has 0 saturated carbocycles. The van der Waals surface area contributed by atoms with Crippen molar-refractivity contribution >= 4 is 23.2 Å². The first kappa shape index (κ1) is 18.2. The van der Waals surface area contributed by atoms with E-state index in [2.05, 4.69) is 10.3 Å². The molecule has 8 heteroatoms. The molecule has 0 aliphatic carbocycles. The van der Waals surface area contributed by atoms with Crippen LogP contribution in [-0.4, -0.2) is 44.5 Å². The van der Waals surface area contributed by atoms with Crippen molar-refractivity contribution in [3.63, 3.8) is 0 Å². The smallest absolute Gasteiger partial charge is 0.254 e. The number of imidazole rings is 1. The lowest BCUT2D eigenvalue weighted by atomic mass is 10.1. The minimum atomic E-state index is -0.532. The second-order valence-electron chi connectivity index (χ2n) is 6.66. The maximum Gasteiger partial charge on any atom is 0.254 e. The summed E-state index contributed by atoms with van der Waals surface area (Å²) in [7, 11) is 0. The fourth-order valence-corrected chi connectivity index (χ4v) is 4.07. The molecule has 2 amide bonds. The third kappa shape index (κ3) is 3.77. The molecule has 2 aromatic heterocycles. The summed E-state index contributed by atoms with van der Waals surface area (Å²) in [4.78, 5) is 32.7. The first-order chi connectivity index (χ1) is 13.6. The number of aromatic hydroxyl groups is 1. The molecule has 0 spiro atoms. The minimum absolute atomic E-state index is 0.0378. The van der Waals surface area contributed by atoms with Crippen LogP contribution in [0, 0.1) is 0 Å². The Labute approximate surface area is 166 Å². The molecule has 0 radical (unpaired) electrons. The molecule has 1 atom stereocenters. The van der Waals surface area contributed by atoms with E-state index >= 15 is 0 Å². The van der Waals surface area contributed by atoms with E-state index in [4.69, 9.17) is 0 Å². The average molecular weight is 396 g/mol. The monoisotopic (exact) mass is 396 g/mol. The SMILES string of the molecule is O=C(NCCc1cccs1)C1CN(C(=O)c2cccc(O)c2)Cc2cncn21. The van der Waals surface area contributed by atoms with Crippen molar-refractivity contribution in [1.82, 2.24) is 19.8 Å². The maximum atomic E-state index is 12.9. The van der Waals surface area contributed by atoms with Gasteiger partial charge in [0.05, 0.1) is 25.1 Å². The highest BCUT2D eigenvalue weighted by Gasteiger charge is 2.32. The van der Waals surface area contributed by atoms with Gasteiger partial charge in [-0.15, -0.1) is 11.3 Å². The molecule has 0 saturated heterocycles. The number of nitrogens with zero attached hydrogens (tertiary/aromatic N) is 3. The molecule has 3 heterocycles. The van der Waals surface area contributed by atoms with Crippen LogP contribution in [0.25, 0.3) is 0 Å². The van der Waals surface area contributed by atoms with Crippen LogP contribution in [0.4, 0.5) is 0 Å². The lowest BCUT2D eigenvalue weighted by Gasteiger charge is -2.33. The molecule has 28 heavy (non-hydrogen) atoms. The zero-order valence-corrected chi connectivity index (χ0v) is 15.9. The second kappa shape index (κ2) is 7.85. The largest absolute Gasteiger partial charge is 0.508 e. The van der Waals surface area contributed by atoms with Gasteiger partial charge in [-0.1, -0.05) is 12.1 Å². The summed E-state index contributed by atoms with van der Waals surface area (Å²) in [5.41, 5.74) is 1.20. The highest BCUT2D eigenvalue weighted by Crippen LogP contribution is 2.24. The average Bonchev–Trinajstić information content (AvgIpc) is 3.38. The Kier molecular flexibility index (Phi) is 5.12. The zero-order chi connectivity index (χ0) is 19.5. The summed E-state index contributed by atoms with van der Waals surface area (Å²) < 4.78 is 1.83. The highest BCUT2D eigenvalue weighted by atomic mass is 32.1. The van der Waals surface area contributed by atoms with Gasteiger partial charge in [-0.05, 0) is 36.1 Å². The van der Waals surface area contributed by atoms with Gasteiger partial charge in [0, 0.05) is 23.2 Å². The van der Waals surface area contributed by atoms with Crippen LogP contribution in [0.15, 0.2) is 54.3 Å². The van der Waals surface area contributed by atoms with Crippen molar-refractivity contribution < 1.29 is 14.7 Å². The number of aromatic nitrogens is 2. The van der Waals surface area contributed by atoms with Crippen LogP contribution in [0.3, 0.4) is 0 Å². The number of hydrogen-bond acceptors (Lipinski definition) is 5. The minimum Gasteiger partial charge on any atom is -0.508 e. The molecule has 2 N–H and O–H groups in total. The third-order valence-corrected chi connectivity index (χ3v) is 5.70. The van der Waals surface area contributed by atoms with Gasteiger partial charge in [0.15, 0.2) is 0 Å². The predicted octanol–water partition coefficient (Wildman–Crippen LogP) is 2.21. The van der Waals surface area contributed by atoms with E-state index in [1.165, 1.54) is 17.0 Å². The molecule has 1 unspecified atom stereocenters. The van der Waals surface area contributed by atoms with Gasteiger partial charge < -0.3 is 19.9 Å². The normalized spacial score (nSPS) is 15.9. The number of hydrogen-bond donors (Lipinski definition) is 2. The molecular formula is C20H20N4O3S. The Morgan fingerprint density at radius 3 is 2.96 bits per heavy atom. The topological polar surface area (TPSA) is 87.5 Å². The van der Waals surface area contributed by atoms with E-state index in [0.717, 1.165) is 12.1 Å². The van der Waals surface area contributed by atoms with Crippen LogP contribution in [0.1, 0.15) is 27.0 Å². The van der Waals surface area contributed by atoms with E-state index in [1.807, 2.05) is 22.1 Å². The van der Waals surface area contributed by atoms with Gasteiger partial charge >= 0.3 is 0 Å². The van der Waals surface area contributed by atoms with Crippen molar-refractivity contribution in [3.05, 3.63) is 70.4 Å². The number of carbonyl (C=O) groups is 2. The molecule has 7 nitrogen and oxygen atoms in total. The van der Waals surface area contributed by atoms with Crippen molar-refractivity contribution in [2.24, 2.45) is 0 Å². The quantitative estimate of drug-likeness (QED) is 0.692. The number of phenols is 1. The van der Waals surface area contributed by atoms with Crippen LogP contribution >= 0.6 is 11.3 Å². The third-order valence-electron chi connectivity index (χ3n) is 4.76. The van der Waals surface area contributed by atoms with E-state index < -0.39 is 6.04 Å². The van der Waals surface area contributed by atoms with Crippen LogP contribution < -0.4 is 5.32 Å². The first-order valence-electron chi connectivity index (χ1n) is 9.01. The number of fused-ring (bicyclic) bond motifs is 1.